The van der Waals surface area contributed by atoms with E-state index in [4.69, 9.17) is 16.0 Å². The van der Waals surface area contributed by atoms with Crippen molar-refractivity contribution in [3.05, 3.63) is 62.0 Å². The zero-order valence-corrected chi connectivity index (χ0v) is 14.4. The molecule has 118 valence electrons. The van der Waals surface area contributed by atoms with E-state index in [0.29, 0.717) is 21.8 Å². The minimum Gasteiger partial charge on any atom is -0.408 e. The molecule has 23 heavy (non-hydrogen) atoms. The van der Waals surface area contributed by atoms with Crippen molar-refractivity contribution < 1.29 is 9.21 Å². The van der Waals surface area contributed by atoms with E-state index in [1.54, 1.807) is 24.3 Å². The Morgan fingerprint density at radius 3 is 2.83 bits per heavy atom. The molecule has 7 heteroatoms. The van der Waals surface area contributed by atoms with Crippen LogP contribution in [0.2, 0.25) is 5.02 Å². The third-order valence-electron chi connectivity index (χ3n) is 3.39. The number of anilines is 1. The van der Waals surface area contributed by atoms with E-state index in [-0.39, 0.29) is 12.5 Å². The Morgan fingerprint density at radius 2 is 2.09 bits per heavy atom. The molecule has 0 fully saturated rings. The highest BCUT2D eigenvalue weighted by Crippen LogP contribution is 2.21. The molecule has 0 spiro atoms. The molecule has 0 aliphatic heterocycles. The van der Waals surface area contributed by atoms with Crippen LogP contribution in [-0.4, -0.2) is 10.5 Å². The van der Waals surface area contributed by atoms with E-state index in [1.165, 1.54) is 4.57 Å². The first-order valence-corrected chi connectivity index (χ1v) is 7.96. The number of aryl methyl sites for hydroxylation is 1. The van der Waals surface area contributed by atoms with Gasteiger partial charge in [-0.15, -0.1) is 0 Å². The number of nitrogens with zero attached hydrogens (tertiary/aromatic N) is 1. The summed E-state index contributed by atoms with van der Waals surface area (Å²) in [5, 5.41) is 3.26. The van der Waals surface area contributed by atoms with Gasteiger partial charge in [-0.05, 0) is 42.8 Å². The molecule has 1 heterocycles. The van der Waals surface area contributed by atoms with Gasteiger partial charge in [0.25, 0.3) is 0 Å². The minimum absolute atomic E-state index is 0.136. The first kappa shape index (κ1) is 15.8. The van der Waals surface area contributed by atoms with E-state index >= 15 is 0 Å². The second kappa shape index (κ2) is 6.22. The Kier molecular flexibility index (Phi) is 4.28. The minimum atomic E-state index is -0.593. The molecular formula is C16H12BrClN2O3. The first-order valence-electron chi connectivity index (χ1n) is 6.79. The third-order valence-corrected chi connectivity index (χ3v) is 4.12. The predicted molar refractivity (Wildman–Crippen MR) is 93.0 cm³/mol. The van der Waals surface area contributed by atoms with Crippen LogP contribution in [0, 0.1) is 6.92 Å². The summed E-state index contributed by atoms with van der Waals surface area (Å²) in [5.41, 5.74) is 2.50. The first-order chi connectivity index (χ1) is 10.9. The molecule has 2 aromatic carbocycles. The van der Waals surface area contributed by atoms with Crippen molar-refractivity contribution in [3.8, 4) is 0 Å². The van der Waals surface area contributed by atoms with Crippen molar-refractivity contribution >= 4 is 50.2 Å². The number of hydrogen-bond acceptors (Lipinski definition) is 3. The van der Waals surface area contributed by atoms with Crippen molar-refractivity contribution in [2.24, 2.45) is 0 Å². The van der Waals surface area contributed by atoms with Crippen LogP contribution in [0.3, 0.4) is 0 Å². The van der Waals surface area contributed by atoms with Crippen LogP contribution in [-0.2, 0) is 11.3 Å². The molecular weight excluding hydrogens is 384 g/mol. The number of halogens is 2. The van der Waals surface area contributed by atoms with Gasteiger partial charge < -0.3 is 9.73 Å². The Bertz CT molecular complexity index is 962. The van der Waals surface area contributed by atoms with E-state index < -0.39 is 5.76 Å². The molecule has 1 N–H and O–H groups in total. The SMILES string of the molecule is Cc1cc(Br)ccc1NC(=O)Cn1c(=O)oc2cc(Cl)ccc21. The van der Waals surface area contributed by atoms with Gasteiger partial charge in [-0.1, -0.05) is 27.5 Å². The van der Waals surface area contributed by atoms with Gasteiger partial charge in [0.05, 0.1) is 5.52 Å². The Morgan fingerprint density at radius 1 is 1.30 bits per heavy atom. The van der Waals surface area contributed by atoms with Crippen molar-refractivity contribution in [2.45, 2.75) is 13.5 Å². The summed E-state index contributed by atoms with van der Waals surface area (Å²) < 4.78 is 7.31. The van der Waals surface area contributed by atoms with E-state index in [2.05, 4.69) is 21.2 Å². The molecule has 5 nitrogen and oxygen atoms in total. The Hall–Kier alpha value is -2.05. The predicted octanol–water partition coefficient (Wildman–Crippen LogP) is 3.96. The summed E-state index contributed by atoms with van der Waals surface area (Å²) in [6, 6.07) is 10.4. The lowest BCUT2D eigenvalue weighted by atomic mass is 10.2. The van der Waals surface area contributed by atoms with Gasteiger partial charge in [0.15, 0.2) is 5.58 Å². The molecule has 0 saturated heterocycles. The quantitative estimate of drug-likeness (QED) is 0.730. The summed E-state index contributed by atoms with van der Waals surface area (Å²) >= 11 is 9.24. The van der Waals surface area contributed by atoms with Gasteiger partial charge in [-0.2, -0.15) is 0 Å². The van der Waals surface area contributed by atoms with Gasteiger partial charge in [0.1, 0.15) is 6.54 Å². The lowest BCUT2D eigenvalue weighted by Crippen LogP contribution is -2.25. The van der Waals surface area contributed by atoms with Crippen LogP contribution >= 0.6 is 27.5 Å². The van der Waals surface area contributed by atoms with Crippen LogP contribution in [0.4, 0.5) is 5.69 Å². The molecule has 0 aliphatic rings. The fourth-order valence-electron chi connectivity index (χ4n) is 2.29. The lowest BCUT2D eigenvalue weighted by molar-refractivity contribution is -0.116. The maximum Gasteiger partial charge on any atom is 0.420 e. The number of nitrogens with one attached hydrogen (secondary N) is 1. The molecule has 0 saturated carbocycles. The van der Waals surface area contributed by atoms with Crippen molar-refractivity contribution in [3.63, 3.8) is 0 Å². The van der Waals surface area contributed by atoms with Crippen molar-refractivity contribution in [2.75, 3.05) is 5.32 Å². The third kappa shape index (κ3) is 3.33. The van der Waals surface area contributed by atoms with Crippen LogP contribution in [0.5, 0.6) is 0 Å². The fraction of sp³-hybridized carbons (Fsp3) is 0.125. The maximum absolute atomic E-state index is 12.2. The summed E-state index contributed by atoms with van der Waals surface area (Å²) in [5.74, 6) is -0.903. The van der Waals surface area contributed by atoms with Crippen LogP contribution < -0.4 is 11.1 Å². The van der Waals surface area contributed by atoms with Crippen LogP contribution in [0.15, 0.2) is 50.1 Å². The van der Waals surface area contributed by atoms with Crippen molar-refractivity contribution in [1.82, 2.24) is 4.57 Å². The molecule has 1 amide bonds. The molecule has 3 aromatic rings. The number of fused-ring (bicyclic) bond motifs is 1. The van der Waals surface area contributed by atoms with Gasteiger partial charge >= 0.3 is 5.76 Å². The van der Waals surface area contributed by atoms with E-state index in [9.17, 15) is 9.59 Å². The highest BCUT2D eigenvalue weighted by Gasteiger charge is 2.13. The Balaban J connectivity index is 1.86. The summed E-state index contributed by atoms with van der Waals surface area (Å²) in [7, 11) is 0. The molecule has 1 aromatic heterocycles. The number of carbonyl (C=O) groups excluding carboxylic acids is 1. The maximum atomic E-state index is 12.2. The monoisotopic (exact) mass is 394 g/mol. The van der Waals surface area contributed by atoms with Gasteiger partial charge in [0, 0.05) is 21.2 Å². The average molecular weight is 396 g/mol. The largest absolute Gasteiger partial charge is 0.420 e. The van der Waals surface area contributed by atoms with Gasteiger partial charge in [0.2, 0.25) is 5.91 Å². The lowest BCUT2D eigenvalue weighted by Gasteiger charge is -2.09. The number of carbonyl (C=O) groups is 1. The highest BCUT2D eigenvalue weighted by atomic mass is 79.9. The number of rotatable bonds is 3. The number of aromatic nitrogens is 1. The summed E-state index contributed by atoms with van der Waals surface area (Å²) in [6.07, 6.45) is 0. The molecule has 0 unspecified atom stereocenters. The number of oxazole rings is 1. The topological polar surface area (TPSA) is 64.2 Å². The molecule has 0 bridgehead atoms. The van der Waals surface area contributed by atoms with E-state index in [0.717, 1.165) is 10.0 Å². The standard InChI is InChI=1S/C16H12BrClN2O3/c1-9-6-10(17)2-4-12(9)19-15(21)8-20-13-5-3-11(18)7-14(13)23-16(20)22/h2-7H,8H2,1H3,(H,19,21). The fourth-order valence-corrected chi connectivity index (χ4v) is 2.93. The molecule has 3 rings (SSSR count). The number of hydrogen-bond donors (Lipinski definition) is 1. The number of benzene rings is 2. The second-order valence-electron chi connectivity index (χ2n) is 5.07. The average Bonchev–Trinajstić information content (AvgIpc) is 2.77. The summed E-state index contributed by atoms with van der Waals surface area (Å²) in [4.78, 5) is 24.1. The van der Waals surface area contributed by atoms with Gasteiger partial charge in [-0.25, -0.2) is 4.79 Å². The molecule has 0 atom stereocenters. The molecule has 0 aliphatic carbocycles. The normalized spacial score (nSPS) is 10.9. The second-order valence-corrected chi connectivity index (χ2v) is 6.43. The van der Waals surface area contributed by atoms with Crippen LogP contribution in [0.1, 0.15) is 5.56 Å². The zero-order valence-electron chi connectivity index (χ0n) is 12.1. The molecule has 0 radical (unpaired) electrons. The smallest absolute Gasteiger partial charge is 0.408 e. The Labute approximate surface area is 145 Å². The number of amides is 1. The van der Waals surface area contributed by atoms with Gasteiger partial charge in [-0.3, -0.25) is 9.36 Å². The summed E-state index contributed by atoms with van der Waals surface area (Å²) in [6.45, 7) is 1.75. The van der Waals surface area contributed by atoms with Crippen molar-refractivity contribution in [1.29, 1.82) is 0 Å². The highest BCUT2D eigenvalue weighted by molar-refractivity contribution is 9.10. The van der Waals surface area contributed by atoms with Crippen LogP contribution in [0.25, 0.3) is 11.1 Å². The zero-order chi connectivity index (χ0) is 16.6. The van der Waals surface area contributed by atoms with E-state index in [1.807, 2.05) is 19.1 Å².